The molecule has 0 spiro atoms. The molecule has 0 radical (unpaired) electrons. The minimum Gasteiger partial charge on any atom is -0.497 e. The van der Waals surface area contributed by atoms with Gasteiger partial charge in [0, 0.05) is 47.1 Å². The van der Waals surface area contributed by atoms with Gasteiger partial charge in [0.05, 0.1) is 19.3 Å². The molecule has 11 heteroatoms. The highest BCUT2D eigenvalue weighted by Crippen LogP contribution is 2.34. The van der Waals surface area contributed by atoms with Crippen molar-refractivity contribution >= 4 is 45.6 Å². The summed E-state index contributed by atoms with van der Waals surface area (Å²) in [6, 6.07) is 30.4. The highest BCUT2D eigenvalue weighted by molar-refractivity contribution is 6.05. The Hall–Kier alpha value is -6.04. The number of allylic oxidation sites excluding steroid dienone is 1. The number of nitrogens with one attached hydrogen (secondary N) is 3. The third-order valence-electron chi connectivity index (χ3n) is 8.83. The van der Waals surface area contributed by atoms with E-state index in [9.17, 15) is 9.59 Å². The average molecular weight is 713 g/mol. The average Bonchev–Trinajstić information content (AvgIpc) is 3.57. The molecule has 0 bridgehead atoms. The van der Waals surface area contributed by atoms with Crippen LogP contribution in [0.4, 0.5) is 22.0 Å². The number of carbonyl (C=O) groups is 2. The zero-order valence-electron chi connectivity index (χ0n) is 31.0. The summed E-state index contributed by atoms with van der Waals surface area (Å²) in [5.74, 6) is 1.72. The fraction of sp³-hybridized carbons (Fsp3) is 0.238. The molecule has 11 nitrogen and oxygen atoms in total. The normalized spacial score (nSPS) is 15.3. The number of benzene rings is 4. The molecule has 6 rings (SSSR count). The van der Waals surface area contributed by atoms with Crippen LogP contribution in [0.5, 0.6) is 11.5 Å². The van der Waals surface area contributed by atoms with E-state index in [4.69, 9.17) is 14.6 Å². The number of ether oxygens (including phenoxy) is 2. The SMILES string of the molecule is COc1ccc(CN(C)CC(=O)Nc2cc(COc3ccc(NC(=O)N[N+]4(c5ccc(C)cc5)C=CC(C(C)(C)C)=N4)c4ccccc34)ccn2)cc1. The molecule has 1 atom stereocenters. The number of carbonyl (C=O) groups excluding carboxylic acids is 2. The smallest absolute Gasteiger partial charge is 0.366 e. The standard InChI is InChI=1S/C42H45N7O4/c1-29-11-15-32(16-12-29)49(24-22-38(46-49)42(2,3)4)47-41(51)44-36-19-20-37(35-10-8-7-9-34(35)36)53-28-31-21-23-43-39(25-31)45-40(50)27-48(5)26-30-13-17-33(52-6)18-14-30/h7-25H,26-28H2,1-6H3,(H2-,43,44,45,47,50,51)/p+1. The van der Waals surface area contributed by atoms with Gasteiger partial charge in [-0.1, -0.05) is 74.9 Å². The van der Waals surface area contributed by atoms with Crippen LogP contribution in [0, 0.1) is 12.3 Å². The van der Waals surface area contributed by atoms with E-state index in [2.05, 4.69) is 41.8 Å². The molecule has 1 aromatic heterocycles. The van der Waals surface area contributed by atoms with Crippen molar-refractivity contribution in [2.24, 2.45) is 10.5 Å². The van der Waals surface area contributed by atoms with Crippen LogP contribution in [0.2, 0.25) is 0 Å². The topological polar surface area (TPSA) is 117 Å². The number of quaternary nitrogens is 1. The molecule has 0 fully saturated rings. The molecular formula is C42H46N7O4+. The Bertz CT molecular complexity index is 2160. The lowest BCUT2D eigenvalue weighted by Crippen LogP contribution is -2.54. The Morgan fingerprint density at radius 2 is 1.60 bits per heavy atom. The van der Waals surface area contributed by atoms with Gasteiger partial charge in [-0.05, 0) is 71.3 Å². The number of urea groups is 1. The summed E-state index contributed by atoms with van der Waals surface area (Å²) >= 11 is 0. The summed E-state index contributed by atoms with van der Waals surface area (Å²) < 4.78 is 11.3. The molecule has 1 unspecified atom stereocenters. The second-order valence-electron chi connectivity index (χ2n) is 14.2. The molecule has 1 aliphatic heterocycles. The summed E-state index contributed by atoms with van der Waals surface area (Å²) in [4.78, 5) is 32.8. The fourth-order valence-corrected chi connectivity index (χ4v) is 5.99. The van der Waals surface area contributed by atoms with E-state index in [1.807, 2.05) is 122 Å². The molecule has 2 heterocycles. The van der Waals surface area contributed by atoms with Crippen LogP contribution < -0.4 is 30.2 Å². The molecule has 5 aromatic rings. The molecule has 3 amide bonds. The predicted octanol–water partition coefficient (Wildman–Crippen LogP) is 8.17. The van der Waals surface area contributed by atoms with Crippen molar-refractivity contribution in [3.05, 3.63) is 132 Å². The van der Waals surface area contributed by atoms with E-state index in [-0.39, 0.29) is 29.2 Å². The second kappa shape index (κ2) is 15.7. The molecule has 0 aliphatic carbocycles. The van der Waals surface area contributed by atoms with Crippen molar-refractivity contribution in [3.8, 4) is 11.5 Å². The number of rotatable bonds is 12. The number of aromatic nitrogens is 1. The first-order chi connectivity index (χ1) is 25.4. The number of pyridine rings is 1. The van der Waals surface area contributed by atoms with Crippen molar-refractivity contribution in [2.75, 3.05) is 31.3 Å². The van der Waals surface area contributed by atoms with E-state index in [0.717, 1.165) is 44.6 Å². The maximum atomic E-state index is 13.7. The van der Waals surface area contributed by atoms with Gasteiger partial charge in [0.15, 0.2) is 11.9 Å². The van der Waals surface area contributed by atoms with Crippen molar-refractivity contribution in [2.45, 2.75) is 40.8 Å². The first-order valence-electron chi connectivity index (χ1n) is 17.5. The summed E-state index contributed by atoms with van der Waals surface area (Å²) in [6.45, 7) is 9.38. The summed E-state index contributed by atoms with van der Waals surface area (Å²) in [5.41, 5.74) is 8.23. The number of methoxy groups -OCH3 is 1. The Labute approximate surface area is 310 Å². The summed E-state index contributed by atoms with van der Waals surface area (Å²) in [6.07, 6.45) is 5.50. The fourth-order valence-electron chi connectivity index (χ4n) is 5.99. The van der Waals surface area contributed by atoms with E-state index < -0.39 is 6.03 Å². The molecule has 53 heavy (non-hydrogen) atoms. The van der Waals surface area contributed by atoms with Crippen molar-refractivity contribution in [1.82, 2.24) is 20.0 Å². The largest absolute Gasteiger partial charge is 0.497 e. The summed E-state index contributed by atoms with van der Waals surface area (Å²) in [5, 5.41) is 12.6. The Kier molecular flexibility index (Phi) is 10.9. The maximum absolute atomic E-state index is 13.7. The van der Waals surface area contributed by atoms with E-state index in [1.165, 1.54) is 0 Å². The number of amides is 3. The minimum atomic E-state index is -0.411. The third-order valence-corrected chi connectivity index (χ3v) is 8.83. The number of fused-ring (bicyclic) bond motifs is 1. The van der Waals surface area contributed by atoms with Gasteiger partial charge in [-0.3, -0.25) is 9.69 Å². The minimum absolute atomic E-state index is 0.168. The van der Waals surface area contributed by atoms with Crippen LogP contribution in [0.1, 0.15) is 37.5 Å². The summed E-state index contributed by atoms with van der Waals surface area (Å²) in [7, 11) is 3.53. The van der Waals surface area contributed by atoms with Gasteiger partial charge in [-0.15, -0.1) is 5.43 Å². The Balaban J connectivity index is 1.11. The monoisotopic (exact) mass is 712 g/mol. The van der Waals surface area contributed by atoms with Crippen molar-refractivity contribution in [3.63, 3.8) is 0 Å². The third kappa shape index (κ3) is 9.07. The number of hydrogen-bond donors (Lipinski definition) is 3. The molecule has 3 N–H and O–H groups in total. The van der Waals surface area contributed by atoms with Crippen LogP contribution in [-0.4, -0.2) is 48.2 Å². The number of hydrogen-bond acceptors (Lipinski definition) is 7. The quantitative estimate of drug-likeness (QED) is 0.112. The zero-order valence-corrected chi connectivity index (χ0v) is 31.0. The van der Waals surface area contributed by atoms with Gasteiger partial charge in [0.25, 0.3) is 0 Å². The van der Waals surface area contributed by atoms with E-state index in [1.54, 1.807) is 19.4 Å². The molecular weight excluding hydrogens is 667 g/mol. The first kappa shape index (κ1) is 36.7. The lowest BCUT2D eigenvalue weighted by atomic mass is 9.90. The Morgan fingerprint density at radius 3 is 2.30 bits per heavy atom. The lowest BCUT2D eigenvalue weighted by Gasteiger charge is -2.26. The Morgan fingerprint density at radius 1 is 0.868 bits per heavy atom. The molecule has 272 valence electrons. The number of aryl methyl sites for hydroxylation is 1. The highest BCUT2D eigenvalue weighted by atomic mass is 16.5. The van der Waals surface area contributed by atoms with Crippen LogP contribution in [0.25, 0.3) is 10.8 Å². The van der Waals surface area contributed by atoms with Gasteiger partial charge < -0.3 is 20.1 Å². The highest BCUT2D eigenvalue weighted by Gasteiger charge is 2.39. The number of anilines is 2. The van der Waals surface area contributed by atoms with Gasteiger partial charge >= 0.3 is 6.03 Å². The van der Waals surface area contributed by atoms with Crippen LogP contribution in [0.3, 0.4) is 0 Å². The number of likely N-dealkylation sites (N-methyl/N-ethyl adjacent to an activating group) is 1. The van der Waals surface area contributed by atoms with Crippen LogP contribution >= 0.6 is 0 Å². The molecule has 4 aromatic carbocycles. The number of nitrogens with zero attached hydrogens (tertiary/aromatic N) is 4. The van der Waals surface area contributed by atoms with E-state index in [0.29, 0.717) is 23.8 Å². The van der Waals surface area contributed by atoms with Gasteiger partial charge in [-0.25, -0.2) is 9.78 Å². The van der Waals surface area contributed by atoms with Gasteiger partial charge in [0.1, 0.15) is 29.6 Å². The van der Waals surface area contributed by atoms with Crippen LogP contribution in [-0.2, 0) is 17.9 Å². The van der Waals surface area contributed by atoms with Gasteiger partial charge in [0.2, 0.25) is 5.91 Å². The van der Waals surface area contributed by atoms with Crippen molar-refractivity contribution < 1.29 is 19.1 Å². The zero-order chi connectivity index (χ0) is 37.6. The van der Waals surface area contributed by atoms with Gasteiger partial charge in [-0.2, -0.15) is 0 Å². The molecule has 0 saturated carbocycles. The van der Waals surface area contributed by atoms with Crippen molar-refractivity contribution in [1.29, 1.82) is 0 Å². The maximum Gasteiger partial charge on any atom is 0.366 e. The second-order valence-corrected chi connectivity index (χ2v) is 14.2. The van der Waals surface area contributed by atoms with E-state index >= 15 is 0 Å². The molecule has 1 aliphatic rings. The first-order valence-corrected chi connectivity index (χ1v) is 17.5. The van der Waals surface area contributed by atoms with Crippen LogP contribution in [0.15, 0.2) is 121 Å². The lowest BCUT2D eigenvalue weighted by molar-refractivity contribution is -0.117. The predicted molar refractivity (Wildman–Crippen MR) is 212 cm³/mol. The molecule has 0 saturated heterocycles.